The molecule has 0 unspecified atom stereocenters. The van der Waals surface area contributed by atoms with Crippen molar-refractivity contribution in [1.29, 1.82) is 0 Å². The molecule has 1 heterocycles. The van der Waals surface area contributed by atoms with E-state index in [0.717, 1.165) is 16.9 Å². The van der Waals surface area contributed by atoms with Gasteiger partial charge in [0, 0.05) is 18.8 Å². The summed E-state index contributed by atoms with van der Waals surface area (Å²) in [5, 5.41) is 16.6. The molecule has 2 rings (SSSR count). The Morgan fingerprint density at radius 3 is 2.61 bits per heavy atom. The van der Waals surface area contributed by atoms with Crippen LogP contribution in [0.1, 0.15) is 16.1 Å². The van der Waals surface area contributed by atoms with Crippen LogP contribution in [0.4, 0.5) is 18.9 Å². The molecule has 0 saturated heterocycles. The third-order valence-corrected chi connectivity index (χ3v) is 2.90. The van der Waals surface area contributed by atoms with Crippen molar-refractivity contribution in [1.82, 2.24) is 15.1 Å². The molecular weight excluding hydrogens is 317 g/mol. The molecule has 1 aromatic carbocycles. The Bertz CT molecular complexity index is 727. The number of para-hydroxylation sites is 1. The summed E-state index contributed by atoms with van der Waals surface area (Å²) in [4.78, 5) is 22.0. The van der Waals surface area contributed by atoms with Crippen LogP contribution < -0.4 is 5.32 Å². The Hall–Kier alpha value is -2.91. The van der Waals surface area contributed by atoms with Crippen molar-refractivity contribution in [3.05, 3.63) is 57.9 Å². The number of nitrogens with one attached hydrogen (secondary N) is 1. The van der Waals surface area contributed by atoms with Crippen molar-refractivity contribution in [2.45, 2.75) is 12.7 Å². The first-order chi connectivity index (χ1) is 10.8. The van der Waals surface area contributed by atoms with E-state index in [9.17, 15) is 28.1 Å². The summed E-state index contributed by atoms with van der Waals surface area (Å²) in [7, 11) is 0. The number of carbonyl (C=O) groups is 1. The maximum Gasteiger partial charge on any atom is 0.435 e. The van der Waals surface area contributed by atoms with Crippen LogP contribution in [0.5, 0.6) is 0 Å². The van der Waals surface area contributed by atoms with Gasteiger partial charge in [0.25, 0.3) is 11.6 Å². The molecule has 0 radical (unpaired) electrons. The molecule has 2 aromatic rings. The first-order valence-electron chi connectivity index (χ1n) is 6.41. The lowest BCUT2D eigenvalue weighted by Crippen LogP contribution is -2.28. The summed E-state index contributed by atoms with van der Waals surface area (Å²) < 4.78 is 38.2. The summed E-state index contributed by atoms with van der Waals surface area (Å²) in [5.74, 6) is -0.680. The normalized spacial score (nSPS) is 11.3. The monoisotopic (exact) mass is 328 g/mol. The molecule has 0 spiro atoms. The highest BCUT2D eigenvalue weighted by atomic mass is 19.4. The van der Waals surface area contributed by atoms with E-state index < -0.39 is 22.7 Å². The third-order valence-electron chi connectivity index (χ3n) is 2.90. The van der Waals surface area contributed by atoms with Crippen molar-refractivity contribution in [3.8, 4) is 0 Å². The van der Waals surface area contributed by atoms with Crippen LogP contribution in [-0.2, 0) is 12.7 Å². The topological polar surface area (TPSA) is 90.1 Å². The molecule has 1 N–H and O–H groups in total. The van der Waals surface area contributed by atoms with E-state index in [-0.39, 0.29) is 24.3 Å². The molecular formula is C13H11F3N4O3. The number of nitro benzene ring substituents is 1. The summed E-state index contributed by atoms with van der Waals surface area (Å²) in [6, 6.07) is 6.22. The van der Waals surface area contributed by atoms with Gasteiger partial charge in [0.15, 0.2) is 5.69 Å². The molecule has 0 atom stereocenters. The fourth-order valence-electron chi connectivity index (χ4n) is 1.84. The zero-order valence-electron chi connectivity index (χ0n) is 11.6. The number of amides is 1. The van der Waals surface area contributed by atoms with E-state index in [0.29, 0.717) is 0 Å². The van der Waals surface area contributed by atoms with Crippen LogP contribution in [0.2, 0.25) is 0 Å². The Morgan fingerprint density at radius 2 is 2.00 bits per heavy atom. The molecule has 1 aromatic heterocycles. The predicted molar refractivity (Wildman–Crippen MR) is 72.7 cm³/mol. The quantitative estimate of drug-likeness (QED) is 0.673. The average molecular weight is 328 g/mol. The van der Waals surface area contributed by atoms with Gasteiger partial charge in [-0.25, -0.2) is 0 Å². The van der Waals surface area contributed by atoms with E-state index in [1.54, 1.807) is 0 Å². The lowest BCUT2D eigenvalue weighted by atomic mass is 10.1. The highest BCUT2D eigenvalue weighted by Gasteiger charge is 2.33. The van der Waals surface area contributed by atoms with E-state index in [1.807, 2.05) is 0 Å². The fraction of sp³-hybridized carbons (Fsp3) is 0.231. The second kappa shape index (κ2) is 6.46. The Kier molecular flexibility index (Phi) is 4.63. The number of benzene rings is 1. The van der Waals surface area contributed by atoms with Crippen molar-refractivity contribution in [3.63, 3.8) is 0 Å². The molecule has 10 heteroatoms. The molecule has 0 aliphatic carbocycles. The van der Waals surface area contributed by atoms with Crippen LogP contribution in [0.3, 0.4) is 0 Å². The van der Waals surface area contributed by atoms with E-state index in [4.69, 9.17) is 0 Å². The van der Waals surface area contributed by atoms with Gasteiger partial charge >= 0.3 is 6.18 Å². The van der Waals surface area contributed by atoms with Gasteiger partial charge in [0.05, 0.1) is 11.5 Å². The van der Waals surface area contributed by atoms with E-state index >= 15 is 0 Å². The number of hydrogen-bond donors (Lipinski definition) is 1. The number of hydrogen-bond acceptors (Lipinski definition) is 4. The molecule has 0 aliphatic rings. The lowest BCUT2D eigenvalue weighted by Gasteiger charge is -2.06. The van der Waals surface area contributed by atoms with Crippen LogP contribution in [-0.4, -0.2) is 27.2 Å². The zero-order chi connectivity index (χ0) is 17.0. The van der Waals surface area contributed by atoms with Crippen LogP contribution in [0.15, 0.2) is 36.5 Å². The number of halogens is 3. The average Bonchev–Trinajstić information content (AvgIpc) is 2.96. The number of carbonyl (C=O) groups excluding carboxylic acids is 1. The van der Waals surface area contributed by atoms with Crippen LogP contribution >= 0.6 is 0 Å². The lowest BCUT2D eigenvalue weighted by molar-refractivity contribution is -0.385. The van der Waals surface area contributed by atoms with Crippen molar-refractivity contribution >= 4 is 11.6 Å². The highest BCUT2D eigenvalue weighted by Crippen LogP contribution is 2.27. The van der Waals surface area contributed by atoms with Crippen molar-refractivity contribution in [2.24, 2.45) is 0 Å². The molecule has 0 fully saturated rings. The second-order valence-electron chi connectivity index (χ2n) is 4.49. The van der Waals surface area contributed by atoms with Gasteiger partial charge in [-0.15, -0.1) is 0 Å². The van der Waals surface area contributed by atoms with Crippen molar-refractivity contribution < 1.29 is 22.9 Å². The van der Waals surface area contributed by atoms with Gasteiger partial charge in [-0.2, -0.15) is 18.3 Å². The number of aromatic nitrogens is 2. The summed E-state index contributed by atoms with van der Waals surface area (Å²) >= 11 is 0. The molecule has 7 nitrogen and oxygen atoms in total. The number of alkyl halides is 3. The van der Waals surface area contributed by atoms with Gasteiger partial charge < -0.3 is 5.32 Å². The first kappa shape index (κ1) is 16.5. The highest BCUT2D eigenvalue weighted by molar-refractivity contribution is 5.98. The maximum absolute atomic E-state index is 12.4. The van der Waals surface area contributed by atoms with E-state index in [2.05, 4.69) is 10.4 Å². The number of rotatable bonds is 5. The minimum absolute atomic E-state index is 0.00243. The van der Waals surface area contributed by atoms with E-state index in [1.165, 1.54) is 24.3 Å². The number of nitro groups is 1. The van der Waals surface area contributed by atoms with Crippen LogP contribution in [0, 0.1) is 10.1 Å². The van der Waals surface area contributed by atoms with Gasteiger partial charge in [-0.3, -0.25) is 19.6 Å². The first-order valence-corrected chi connectivity index (χ1v) is 6.41. The van der Waals surface area contributed by atoms with Gasteiger partial charge in [0.1, 0.15) is 5.56 Å². The molecule has 0 aliphatic heterocycles. The molecule has 0 bridgehead atoms. The minimum atomic E-state index is -4.53. The standard InChI is InChI=1S/C13H11F3N4O3/c14-13(15,16)11-5-7-19(18-11)8-6-17-12(21)9-3-1-2-4-10(9)20(22)23/h1-5,7H,6,8H2,(H,17,21). The molecule has 23 heavy (non-hydrogen) atoms. The Labute approximate surface area is 127 Å². The zero-order valence-corrected chi connectivity index (χ0v) is 11.6. The Balaban J connectivity index is 1.95. The molecule has 1 amide bonds. The number of nitrogens with zero attached hydrogens (tertiary/aromatic N) is 3. The largest absolute Gasteiger partial charge is 0.435 e. The van der Waals surface area contributed by atoms with Gasteiger partial charge in [-0.05, 0) is 12.1 Å². The maximum atomic E-state index is 12.4. The van der Waals surface area contributed by atoms with Gasteiger partial charge in [-0.1, -0.05) is 12.1 Å². The summed E-state index contributed by atoms with van der Waals surface area (Å²) in [6.45, 7) is -0.0215. The second-order valence-corrected chi connectivity index (χ2v) is 4.49. The third kappa shape index (κ3) is 4.05. The predicted octanol–water partition coefficient (Wildman–Crippen LogP) is 2.24. The molecule has 122 valence electrons. The summed E-state index contributed by atoms with van der Waals surface area (Å²) in [6.07, 6.45) is -3.39. The summed E-state index contributed by atoms with van der Waals surface area (Å²) in [5.41, 5.74) is -1.49. The molecule has 0 saturated carbocycles. The van der Waals surface area contributed by atoms with Crippen molar-refractivity contribution in [2.75, 3.05) is 6.54 Å². The minimum Gasteiger partial charge on any atom is -0.350 e. The smallest absolute Gasteiger partial charge is 0.350 e. The van der Waals surface area contributed by atoms with Crippen LogP contribution in [0.25, 0.3) is 0 Å². The Morgan fingerprint density at radius 1 is 1.30 bits per heavy atom. The fourth-order valence-corrected chi connectivity index (χ4v) is 1.84. The van der Waals surface area contributed by atoms with Gasteiger partial charge in [0.2, 0.25) is 0 Å². The SMILES string of the molecule is O=C(NCCn1ccc(C(F)(F)F)n1)c1ccccc1[N+](=O)[O-].